The maximum absolute atomic E-state index is 6.69. The lowest BCUT2D eigenvalue weighted by Gasteiger charge is -2.42. The molecular formula is C18H33NO. The summed E-state index contributed by atoms with van der Waals surface area (Å²) in [6.45, 7) is 4.55. The Morgan fingerprint density at radius 2 is 1.80 bits per heavy atom. The first-order chi connectivity index (χ1) is 9.80. The van der Waals surface area contributed by atoms with Crippen LogP contribution in [-0.4, -0.2) is 24.8 Å². The van der Waals surface area contributed by atoms with Crippen molar-refractivity contribution in [1.29, 1.82) is 0 Å². The molecule has 0 amide bonds. The second-order valence-electron chi connectivity index (χ2n) is 7.65. The summed E-state index contributed by atoms with van der Waals surface area (Å²) in [5, 5.41) is 3.70. The molecule has 3 atom stereocenters. The number of nitrogens with one attached hydrogen (secondary N) is 1. The lowest BCUT2D eigenvalue weighted by Crippen LogP contribution is -2.54. The predicted octanol–water partition coefficient (Wildman–Crippen LogP) is 4.28. The topological polar surface area (TPSA) is 21.3 Å². The number of hydrogen-bond acceptors (Lipinski definition) is 2. The van der Waals surface area contributed by atoms with Gasteiger partial charge in [-0.25, -0.2) is 0 Å². The first kappa shape index (κ1) is 14.8. The molecular weight excluding hydrogens is 246 g/mol. The fraction of sp³-hybridized carbons (Fsp3) is 1.00. The highest BCUT2D eigenvalue weighted by atomic mass is 16.5. The fourth-order valence-electron chi connectivity index (χ4n) is 4.80. The zero-order valence-electron chi connectivity index (χ0n) is 13.3. The summed E-state index contributed by atoms with van der Waals surface area (Å²) in [5.74, 6) is 1.90. The van der Waals surface area contributed by atoms with E-state index in [0.717, 1.165) is 24.9 Å². The van der Waals surface area contributed by atoms with Crippen molar-refractivity contribution in [3.63, 3.8) is 0 Å². The van der Waals surface area contributed by atoms with Crippen LogP contribution in [0.25, 0.3) is 0 Å². The molecule has 1 N–H and O–H groups in total. The zero-order valence-corrected chi connectivity index (χ0v) is 13.3. The highest BCUT2D eigenvalue weighted by molar-refractivity contribution is 4.92. The van der Waals surface area contributed by atoms with Gasteiger partial charge in [-0.3, -0.25) is 0 Å². The molecule has 0 radical (unpaired) electrons. The van der Waals surface area contributed by atoms with Crippen molar-refractivity contribution < 1.29 is 4.74 Å². The molecule has 1 aliphatic heterocycles. The summed E-state index contributed by atoms with van der Waals surface area (Å²) in [6.07, 6.45) is 15.7. The molecule has 3 aliphatic rings. The van der Waals surface area contributed by atoms with Gasteiger partial charge in [-0.2, -0.15) is 0 Å². The number of morpholine rings is 1. The molecule has 3 rings (SSSR count). The van der Waals surface area contributed by atoms with Crippen molar-refractivity contribution in [3.05, 3.63) is 0 Å². The Morgan fingerprint density at radius 1 is 1.00 bits per heavy atom. The van der Waals surface area contributed by atoms with Gasteiger partial charge in [-0.05, 0) is 37.5 Å². The van der Waals surface area contributed by atoms with E-state index in [2.05, 4.69) is 12.2 Å². The Kier molecular flexibility index (Phi) is 5.04. The van der Waals surface area contributed by atoms with Gasteiger partial charge < -0.3 is 10.1 Å². The van der Waals surface area contributed by atoms with E-state index in [0.29, 0.717) is 6.10 Å². The van der Waals surface area contributed by atoms with Crippen LogP contribution in [0, 0.1) is 11.8 Å². The van der Waals surface area contributed by atoms with Crippen molar-refractivity contribution in [1.82, 2.24) is 5.32 Å². The van der Waals surface area contributed by atoms with E-state index in [-0.39, 0.29) is 5.60 Å². The quantitative estimate of drug-likeness (QED) is 0.832. The van der Waals surface area contributed by atoms with Gasteiger partial charge in [0.25, 0.3) is 0 Å². The summed E-state index contributed by atoms with van der Waals surface area (Å²) in [5.41, 5.74) is 0.186. The van der Waals surface area contributed by atoms with Crippen LogP contribution in [0.5, 0.6) is 0 Å². The van der Waals surface area contributed by atoms with E-state index >= 15 is 0 Å². The largest absolute Gasteiger partial charge is 0.369 e. The average molecular weight is 279 g/mol. The van der Waals surface area contributed by atoms with E-state index in [9.17, 15) is 0 Å². The van der Waals surface area contributed by atoms with Crippen LogP contribution in [0.15, 0.2) is 0 Å². The molecule has 2 aliphatic carbocycles. The Hall–Kier alpha value is -0.0800. The Bertz CT molecular complexity index is 300. The smallest absolute Gasteiger partial charge is 0.0810 e. The molecule has 0 aromatic carbocycles. The molecule has 2 nitrogen and oxygen atoms in total. The van der Waals surface area contributed by atoms with Crippen LogP contribution in [0.2, 0.25) is 0 Å². The maximum atomic E-state index is 6.69. The standard InChI is InChI=1S/C18H33NO/c1-2-15-8-5-10-18(11-9-15)14-19-13-17(20-18)12-16-6-3-4-7-16/h15-17,19H,2-14H2,1H3. The van der Waals surface area contributed by atoms with Crippen molar-refractivity contribution in [2.24, 2.45) is 11.8 Å². The molecule has 0 bridgehead atoms. The Balaban J connectivity index is 1.55. The van der Waals surface area contributed by atoms with Crippen LogP contribution in [-0.2, 0) is 4.74 Å². The SMILES string of the molecule is CCC1CCCC2(CC1)CNCC(CC1CCCC1)O2. The van der Waals surface area contributed by atoms with E-state index in [4.69, 9.17) is 4.74 Å². The lowest BCUT2D eigenvalue weighted by molar-refractivity contribution is -0.130. The molecule has 20 heavy (non-hydrogen) atoms. The van der Waals surface area contributed by atoms with Gasteiger partial charge in [0, 0.05) is 13.1 Å². The van der Waals surface area contributed by atoms with Crippen LogP contribution in [0.1, 0.15) is 77.6 Å². The predicted molar refractivity (Wildman–Crippen MR) is 83.9 cm³/mol. The molecule has 116 valence electrons. The summed E-state index contributed by atoms with van der Waals surface area (Å²) in [7, 11) is 0. The van der Waals surface area contributed by atoms with Gasteiger partial charge in [-0.1, -0.05) is 51.9 Å². The second kappa shape index (κ2) is 6.79. The van der Waals surface area contributed by atoms with Gasteiger partial charge in [-0.15, -0.1) is 0 Å². The third kappa shape index (κ3) is 3.57. The van der Waals surface area contributed by atoms with Crippen molar-refractivity contribution in [2.75, 3.05) is 13.1 Å². The van der Waals surface area contributed by atoms with E-state index in [1.54, 1.807) is 0 Å². The normalized spacial score (nSPS) is 40.0. The highest BCUT2D eigenvalue weighted by Gasteiger charge is 2.39. The summed E-state index contributed by atoms with van der Waals surface area (Å²) < 4.78 is 6.69. The minimum Gasteiger partial charge on any atom is -0.369 e. The zero-order chi connectivity index (χ0) is 13.8. The summed E-state index contributed by atoms with van der Waals surface area (Å²) >= 11 is 0. The van der Waals surface area contributed by atoms with Crippen molar-refractivity contribution >= 4 is 0 Å². The van der Waals surface area contributed by atoms with E-state index < -0.39 is 0 Å². The minimum atomic E-state index is 0.186. The van der Waals surface area contributed by atoms with Gasteiger partial charge in [0.15, 0.2) is 0 Å². The number of ether oxygens (including phenoxy) is 1. The van der Waals surface area contributed by atoms with Crippen molar-refractivity contribution in [2.45, 2.75) is 89.3 Å². The van der Waals surface area contributed by atoms with Crippen molar-refractivity contribution in [3.8, 4) is 0 Å². The molecule has 1 heterocycles. The van der Waals surface area contributed by atoms with E-state index in [1.165, 1.54) is 70.6 Å². The molecule has 0 aromatic heterocycles. The summed E-state index contributed by atoms with van der Waals surface area (Å²) in [6, 6.07) is 0. The highest BCUT2D eigenvalue weighted by Crippen LogP contribution is 2.38. The van der Waals surface area contributed by atoms with Crippen LogP contribution in [0.3, 0.4) is 0 Å². The number of rotatable bonds is 3. The minimum absolute atomic E-state index is 0.186. The Labute approximate surface area is 125 Å². The van der Waals surface area contributed by atoms with Gasteiger partial charge in [0.1, 0.15) is 0 Å². The monoisotopic (exact) mass is 279 g/mol. The molecule has 3 unspecified atom stereocenters. The summed E-state index contributed by atoms with van der Waals surface area (Å²) in [4.78, 5) is 0. The Morgan fingerprint density at radius 3 is 2.60 bits per heavy atom. The van der Waals surface area contributed by atoms with E-state index in [1.807, 2.05) is 0 Å². The average Bonchev–Trinajstić information content (AvgIpc) is 2.88. The maximum Gasteiger partial charge on any atom is 0.0810 e. The van der Waals surface area contributed by atoms with Gasteiger partial charge >= 0.3 is 0 Å². The number of hydrogen-bond donors (Lipinski definition) is 1. The van der Waals surface area contributed by atoms with Crippen LogP contribution < -0.4 is 5.32 Å². The molecule has 1 saturated heterocycles. The van der Waals surface area contributed by atoms with Gasteiger partial charge in [0.05, 0.1) is 11.7 Å². The van der Waals surface area contributed by atoms with Crippen LogP contribution >= 0.6 is 0 Å². The molecule has 3 fully saturated rings. The molecule has 2 saturated carbocycles. The third-order valence-electron chi connectivity index (χ3n) is 6.14. The van der Waals surface area contributed by atoms with Gasteiger partial charge in [0.2, 0.25) is 0 Å². The molecule has 1 spiro atoms. The molecule has 0 aromatic rings. The first-order valence-electron chi connectivity index (χ1n) is 9.18. The fourth-order valence-corrected chi connectivity index (χ4v) is 4.80. The van der Waals surface area contributed by atoms with Crippen LogP contribution in [0.4, 0.5) is 0 Å². The third-order valence-corrected chi connectivity index (χ3v) is 6.14. The molecule has 2 heteroatoms. The second-order valence-corrected chi connectivity index (χ2v) is 7.65. The first-order valence-corrected chi connectivity index (χ1v) is 9.18. The lowest BCUT2D eigenvalue weighted by atomic mass is 9.89.